The summed E-state index contributed by atoms with van der Waals surface area (Å²) in [4.78, 5) is 14.5. The summed E-state index contributed by atoms with van der Waals surface area (Å²) in [6, 6.07) is 0. The molecule has 8 heteroatoms. The second-order valence-electron chi connectivity index (χ2n) is 1.92. The molecule has 2 fully saturated rings. The molecule has 0 heterocycles. The normalized spacial score (nSPS) is 14.2. The van der Waals surface area contributed by atoms with Gasteiger partial charge in [-0.2, -0.15) is 0 Å². The molecule has 0 amide bonds. The molecule has 0 atom stereocenters. The molecule has 0 bridgehead atoms. The van der Waals surface area contributed by atoms with E-state index in [1.54, 1.807) is 0 Å². The molecule has 0 saturated heterocycles. The van der Waals surface area contributed by atoms with E-state index in [4.69, 9.17) is 21.0 Å². The van der Waals surface area contributed by atoms with Crippen molar-refractivity contribution >= 4 is 20.1 Å². The van der Waals surface area contributed by atoms with E-state index in [-0.39, 0.29) is 0 Å². The van der Waals surface area contributed by atoms with Crippen molar-refractivity contribution in [2.75, 3.05) is 0 Å². The summed E-state index contributed by atoms with van der Waals surface area (Å²) >= 11 is 4.19. The van der Waals surface area contributed by atoms with Crippen LogP contribution in [-0.4, -0.2) is 0 Å². The predicted octanol–water partition coefficient (Wildman–Crippen LogP) is 4.06. The van der Waals surface area contributed by atoms with Gasteiger partial charge in [-0.3, -0.25) is 0 Å². The first kappa shape index (κ1) is 27.2. The van der Waals surface area contributed by atoms with Gasteiger partial charge >= 0.3 is 50.8 Å². The molecule has 2 aliphatic carbocycles. The Labute approximate surface area is 135 Å². The van der Waals surface area contributed by atoms with Gasteiger partial charge in [-0.05, 0) is 64.2 Å². The first-order valence-corrected chi connectivity index (χ1v) is 7.52. The molecule has 0 spiro atoms. The zero-order valence-corrected chi connectivity index (χ0v) is 13.1. The second-order valence-corrected chi connectivity index (χ2v) is 1.92. The van der Waals surface area contributed by atoms with E-state index in [2.05, 4.69) is 50.8 Å². The number of nitroso groups, excluding NO2 is 2. The van der Waals surface area contributed by atoms with Gasteiger partial charge in [-0.25, -0.2) is 0 Å². The first-order chi connectivity index (χ1) is 9.00. The maximum absolute atomic E-state index is 7.25. The SMILES string of the molecule is [CH]1[CH][CH][CH][CH]1.[CH]1[CH][CH][CH][CH]1.[Cl][Cr+2].[Cl][Cr+2].[N-]=O.[N-]=O. The summed E-state index contributed by atoms with van der Waals surface area (Å²) in [6.45, 7) is 0. The third-order valence-electron chi connectivity index (χ3n) is 1.11. The molecule has 2 aliphatic rings. The Morgan fingerprint density at radius 2 is 0.500 bits per heavy atom. The van der Waals surface area contributed by atoms with Crippen LogP contribution in [0.1, 0.15) is 0 Å². The van der Waals surface area contributed by atoms with E-state index in [1.165, 1.54) is 0 Å². The molecule has 0 aromatic carbocycles. The monoisotopic (exact) mass is 364 g/mol. The quantitative estimate of drug-likeness (QED) is 0.649. The van der Waals surface area contributed by atoms with Crippen molar-refractivity contribution < 1.29 is 30.7 Å². The van der Waals surface area contributed by atoms with Crippen molar-refractivity contribution in [2.24, 2.45) is 0 Å². The molecule has 0 aromatic rings. The van der Waals surface area contributed by atoms with Crippen LogP contribution in [0.5, 0.6) is 0 Å². The average molecular weight is 365 g/mol. The zero-order valence-electron chi connectivity index (χ0n) is 9.06. The number of rotatable bonds is 0. The molecule has 18 heavy (non-hydrogen) atoms. The Bertz CT molecular complexity index is 84.7. The fourth-order valence-electron chi connectivity index (χ4n) is 0.642. The van der Waals surface area contributed by atoms with Crippen LogP contribution in [0.15, 0.2) is 0 Å². The van der Waals surface area contributed by atoms with Crippen LogP contribution in [0, 0.1) is 74.0 Å². The predicted molar refractivity (Wildman–Crippen MR) is 68.2 cm³/mol. The molecule has 96 valence electrons. The van der Waals surface area contributed by atoms with Crippen LogP contribution >= 0.6 is 20.1 Å². The van der Waals surface area contributed by atoms with Crippen molar-refractivity contribution in [1.29, 1.82) is 0 Å². The molecule has 10 radical (unpaired) electrons. The summed E-state index contributed by atoms with van der Waals surface area (Å²) in [5.41, 5.74) is 11.5. The van der Waals surface area contributed by atoms with Gasteiger partial charge < -0.3 is 21.0 Å². The van der Waals surface area contributed by atoms with E-state index in [0.717, 1.165) is 0 Å². The van der Waals surface area contributed by atoms with Crippen LogP contribution in [0.25, 0.3) is 11.2 Å². The molecule has 0 aliphatic heterocycles. The Kier molecular flexibility index (Phi) is 65.1. The average Bonchev–Trinajstić information content (AvgIpc) is 3.25. The molecular weight excluding hydrogens is 355 g/mol. The zero-order chi connectivity index (χ0) is 15.1. The van der Waals surface area contributed by atoms with Crippen LogP contribution in [-0.2, 0) is 30.7 Å². The molecule has 0 unspecified atom stereocenters. The first-order valence-electron chi connectivity index (χ1n) is 4.01. The summed E-state index contributed by atoms with van der Waals surface area (Å²) in [7, 11) is 9.03. The molecule has 0 aromatic heterocycles. The maximum Gasteiger partial charge on any atom is -0.423 e. The van der Waals surface area contributed by atoms with Gasteiger partial charge in [0, 0.05) is 0 Å². The molecule has 4 nitrogen and oxygen atoms in total. The van der Waals surface area contributed by atoms with Crippen molar-refractivity contribution in [3.05, 3.63) is 85.2 Å². The number of halogens is 2. The van der Waals surface area contributed by atoms with Gasteiger partial charge in [0.2, 0.25) is 0 Å². The van der Waals surface area contributed by atoms with Crippen LogP contribution < -0.4 is 0 Å². The minimum absolute atomic E-state index is 2.00. The van der Waals surface area contributed by atoms with Crippen molar-refractivity contribution in [3.63, 3.8) is 0 Å². The minimum atomic E-state index is 2.00. The maximum atomic E-state index is 7.25. The van der Waals surface area contributed by atoms with Gasteiger partial charge in [-0.1, -0.05) is 0 Å². The fourth-order valence-corrected chi connectivity index (χ4v) is 0.642. The Hall–Kier alpha value is 0.845. The molecular formula is C10H10Cl2Cr2N2O2+2. The molecule has 2 rings (SSSR count). The van der Waals surface area contributed by atoms with E-state index >= 15 is 0 Å². The second kappa shape index (κ2) is 43.1. The standard InChI is InChI=1S/2C5H5.2ClH.2Cr.2NO/c2*1-2-4-5-3-1;;;;;2*1-2/h2*1-5H;2*1H;;;;/q;;;;2*+3;2*-1/p-2. The van der Waals surface area contributed by atoms with Gasteiger partial charge in [0.05, 0.1) is 0 Å². The third kappa shape index (κ3) is 36.0. The van der Waals surface area contributed by atoms with Crippen molar-refractivity contribution in [3.8, 4) is 0 Å². The van der Waals surface area contributed by atoms with Crippen LogP contribution in [0.3, 0.4) is 0 Å². The fraction of sp³-hybridized carbons (Fsp3) is 0. The van der Waals surface area contributed by atoms with Crippen molar-refractivity contribution in [1.82, 2.24) is 0 Å². The van der Waals surface area contributed by atoms with E-state index < -0.39 is 0 Å². The number of nitrogens with zero attached hydrogens (tertiary/aromatic N) is 2. The summed E-state index contributed by atoms with van der Waals surface area (Å²) in [5, 5.41) is 0. The number of hydrogen-bond donors (Lipinski definition) is 0. The Balaban J connectivity index is -0.0000000713. The van der Waals surface area contributed by atoms with Gasteiger partial charge in [-0.15, -0.1) is 0 Å². The topological polar surface area (TPSA) is 78.7 Å². The van der Waals surface area contributed by atoms with Crippen LogP contribution in [0.2, 0.25) is 0 Å². The largest absolute Gasteiger partial charge is 0.577 e. The van der Waals surface area contributed by atoms with Crippen LogP contribution in [0.4, 0.5) is 0 Å². The minimum Gasteiger partial charge on any atom is -0.577 e. The van der Waals surface area contributed by atoms with Gasteiger partial charge in [0.15, 0.2) is 0 Å². The summed E-state index contributed by atoms with van der Waals surface area (Å²) in [5.74, 6) is 0. The van der Waals surface area contributed by atoms with E-state index in [1.807, 2.05) is 64.2 Å². The summed E-state index contributed by atoms with van der Waals surface area (Å²) < 4.78 is 0. The summed E-state index contributed by atoms with van der Waals surface area (Å²) in [6.07, 6.45) is 20.0. The van der Waals surface area contributed by atoms with E-state index in [9.17, 15) is 0 Å². The van der Waals surface area contributed by atoms with E-state index in [0.29, 0.717) is 0 Å². The Morgan fingerprint density at radius 1 is 0.444 bits per heavy atom. The molecule has 0 N–H and O–H groups in total. The van der Waals surface area contributed by atoms with Crippen molar-refractivity contribution in [2.45, 2.75) is 0 Å². The Morgan fingerprint density at radius 3 is 0.556 bits per heavy atom. The van der Waals surface area contributed by atoms with Gasteiger partial charge in [0.25, 0.3) is 0 Å². The smallest absolute Gasteiger partial charge is 0.423 e. The third-order valence-corrected chi connectivity index (χ3v) is 1.11. The molecule has 2 saturated carbocycles. The number of hydrogen-bond acceptors (Lipinski definition) is 2. The van der Waals surface area contributed by atoms with Gasteiger partial charge in [0.1, 0.15) is 0 Å².